The van der Waals surface area contributed by atoms with Gasteiger partial charge in [0.25, 0.3) is 0 Å². The zero-order valence-corrected chi connectivity index (χ0v) is 20.1. The molecule has 0 aliphatic carbocycles. The first-order valence-electron chi connectivity index (χ1n) is 10.4. The molecule has 1 aromatic carbocycles. The Morgan fingerprint density at radius 1 is 1.00 bits per heavy atom. The van der Waals surface area contributed by atoms with E-state index in [0.717, 1.165) is 19.8 Å². The summed E-state index contributed by atoms with van der Waals surface area (Å²) in [6, 6.07) is 4.50. The molecule has 0 amide bonds. The van der Waals surface area contributed by atoms with Gasteiger partial charge in [0.2, 0.25) is 0 Å². The average molecular weight is 490 g/mol. The fourth-order valence-electron chi connectivity index (χ4n) is 3.90. The summed E-state index contributed by atoms with van der Waals surface area (Å²) in [6.45, 7) is 4.74. The predicted molar refractivity (Wildman–Crippen MR) is 123 cm³/mol. The van der Waals surface area contributed by atoms with E-state index in [0.29, 0.717) is 39.4 Å². The molecule has 0 saturated heterocycles. The van der Waals surface area contributed by atoms with Gasteiger partial charge in [-0.3, -0.25) is 4.79 Å². The molecule has 2 heterocycles. The lowest BCUT2D eigenvalue weighted by atomic mass is 9.85. The molecule has 10 heteroatoms. The second kappa shape index (κ2) is 10.1. The lowest BCUT2D eigenvalue weighted by molar-refractivity contribution is -0.152. The van der Waals surface area contributed by atoms with Crippen LogP contribution in [0.2, 0.25) is 5.02 Å². The van der Waals surface area contributed by atoms with Crippen molar-refractivity contribution >= 4 is 40.5 Å². The molecule has 0 spiro atoms. The van der Waals surface area contributed by atoms with Crippen LogP contribution < -0.4 is 10.9 Å². The minimum absolute atomic E-state index is 0.0773. The Bertz CT molecular complexity index is 1270. The minimum atomic E-state index is -1.39. The number of halogens is 1. The predicted octanol–water partition coefficient (Wildman–Crippen LogP) is 3.17. The van der Waals surface area contributed by atoms with Gasteiger partial charge in [-0.25, -0.2) is 14.4 Å². The van der Waals surface area contributed by atoms with Gasteiger partial charge in [0.15, 0.2) is 0 Å². The number of fused-ring (bicyclic) bond motifs is 1. The number of nitrogens with one attached hydrogen (secondary N) is 1. The van der Waals surface area contributed by atoms with Crippen LogP contribution in [0.5, 0.6) is 0 Å². The van der Waals surface area contributed by atoms with Crippen LogP contribution in [0.1, 0.15) is 31.9 Å². The number of methoxy groups -OCH3 is 2. The van der Waals surface area contributed by atoms with E-state index >= 15 is 0 Å². The molecular weight excluding hydrogens is 466 g/mol. The molecule has 0 saturated carbocycles. The third-order valence-corrected chi connectivity index (χ3v) is 5.91. The number of allylic oxidation sites excluding steroid dienone is 2. The van der Waals surface area contributed by atoms with Gasteiger partial charge in [-0.2, -0.15) is 0 Å². The summed E-state index contributed by atoms with van der Waals surface area (Å²) in [5.74, 6) is -3.88. The quantitative estimate of drug-likeness (QED) is 0.370. The highest BCUT2D eigenvalue weighted by molar-refractivity contribution is 6.32. The van der Waals surface area contributed by atoms with Crippen LogP contribution in [0.15, 0.2) is 50.0 Å². The molecule has 9 nitrogen and oxygen atoms in total. The van der Waals surface area contributed by atoms with E-state index in [1.54, 1.807) is 26.0 Å². The van der Waals surface area contributed by atoms with Crippen LogP contribution >= 0.6 is 11.6 Å². The number of rotatable bonds is 6. The number of dihydropyridines is 1. The Kier molecular flexibility index (Phi) is 7.46. The molecule has 0 bridgehead atoms. The van der Waals surface area contributed by atoms with Gasteiger partial charge in [-0.1, -0.05) is 18.5 Å². The first kappa shape index (κ1) is 25.0. The van der Waals surface area contributed by atoms with E-state index < -0.39 is 29.5 Å². The Labute approximate surface area is 200 Å². The summed E-state index contributed by atoms with van der Waals surface area (Å²) in [5, 5.41) is 3.88. The van der Waals surface area contributed by atoms with Crippen molar-refractivity contribution in [3.8, 4) is 0 Å². The Morgan fingerprint density at radius 2 is 1.59 bits per heavy atom. The van der Waals surface area contributed by atoms with Crippen LogP contribution in [0.4, 0.5) is 0 Å². The summed E-state index contributed by atoms with van der Waals surface area (Å²) in [5.41, 5.74) is 1.36. The first-order chi connectivity index (χ1) is 16.1. The van der Waals surface area contributed by atoms with Crippen molar-refractivity contribution in [2.24, 2.45) is 5.92 Å². The van der Waals surface area contributed by atoms with Crippen molar-refractivity contribution in [1.29, 1.82) is 0 Å². The summed E-state index contributed by atoms with van der Waals surface area (Å²) in [6.07, 6.45) is 0.636. The van der Waals surface area contributed by atoms with E-state index in [1.165, 1.54) is 6.07 Å². The van der Waals surface area contributed by atoms with Gasteiger partial charge >= 0.3 is 23.5 Å². The summed E-state index contributed by atoms with van der Waals surface area (Å²) >= 11 is 6.32. The first-order valence-corrected chi connectivity index (χ1v) is 10.8. The number of aryl methyl sites for hydroxylation is 1. The van der Waals surface area contributed by atoms with Crippen molar-refractivity contribution in [1.82, 2.24) is 5.32 Å². The standard InChI is InChI=1S/C24H24ClNO8/c1-6-13-7-17-15(9-16(13)25)14(8-18(27)34-17)10-33-24(30)21-19(22(28)31-4)11(2)26-12(3)20(21)23(29)32-5/h7-9,21,26H,6,10H2,1-5H3. The smallest absolute Gasteiger partial charge is 0.336 e. The summed E-state index contributed by atoms with van der Waals surface area (Å²) in [7, 11) is 2.33. The number of hydrogen-bond acceptors (Lipinski definition) is 9. The lowest BCUT2D eigenvalue weighted by Gasteiger charge is -2.28. The van der Waals surface area contributed by atoms with Crippen molar-refractivity contribution < 1.29 is 33.0 Å². The molecule has 1 aromatic heterocycles. The van der Waals surface area contributed by atoms with Crippen molar-refractivity contribution in [3.05, 3.63) is 67.3 Å². The summed E-state index contributed by atoms with van der Waals surface area (Å²) < 4.78 is 20.4. The number of carbonyl (C=O) groups is 3. The number of carbonyl (C=O) groups excluding carboxylic acids is 3. The Balaban J connectivity index is 2.01. The maximum atomic E-state index is 13.3. The van der Waals surface area contributed by atoms with Gasteiger partial charge in [0.1, 0.15) is 18.1 Å². The van der Waals surface area contributed by atoms with Gasteiger partial charge in [0.05, 0.1) is 25.4 Å². The highest BCUT2D eigenvalue weighted by Gasteiger charge is 2.42. The monoisotopic (exact) mass is 489 g/mol. The van der Waals surface area contributed by atoms with E-state index in [-0.39, 0.29) is 17.8 Å². The van der Waals surface area contributed by atoms with E-state index in [4.69, 9.17) is 30.2 Å². The normalized spacial score (nSPS) is 14.2. The molecule has 1 N–H and O–H groups in total. The average Bonchev–Trinajstić information content (AvgIpc) is 2.80. The molecule has 0 atom stereocenters. The molecule has 1 aliphatic heterocycles. The van der Waals surface area contributed by atoms with Crippen molar-refractivity contribution in [2.45, 2.75) is 33.8 Å². The fraction of sp³-hybridized carbons (Fsp3) is 0.333. The number of ether oxygens (including phenoxy) is 3. The fourth-order valence-corrected chi connectivity index (χ4v) is 4.20. The van der Waals surface area contributed by atoms with Crippen LogP contribution in [0.25, 0.3) is 11.0 Å². The van der Waals surface area contributed by atoms with Crippen molar-refractivity contribution in [2.75, 3.05) is 14.2 Å². The number of esters is 3. The maximum Gasteiger partial charge on any atom is 0.336 e. The zero-order chi connectivity index (χ0) is 25.2. The Morgan fingerprint density at radius 3 is 2.12 bits per heavy atom. The third kappa shape index (κ3) is 4.70. The van der Waals surface area contributed by atoms with Crippen LogP contribution in [0.3, 0.4) is 0 Å². The highest BCUT2D eigenvalue weighted by atomic mass is 35.5. The molecule has 1 aliphatic rings. The van der Waals surface area contributed by atoms with Crippen LogP contribution in [-0.4, -0.2) is 32.1 Å². The van der Waals surface area contributed by atoms with Crippen LogP contribution in [0, 0.1) is 5.92 Å². The van der Waals surface area contributed by atoms with Gasteiger partial charge < -0.3 is 23.9 Å². The van der Waals surface area contributed by atoms with Gasteiger partial charge in [-0.05, 0) is 38.0 Å². The summed E-state index contributed by atoms with van der Waals surface area (Å²) in [4.78, 5) is 50.3. The zero-order valence-electron chi connectivity index (χ0n) is 19.4. The maximum absolute atomic E-state index is 13.3. The highest BCUT2D eigenvalue weighted by Crippen LogP contribution is 2.33. The SMILES string of the molecule is CCc1cc2oc(=O)cc(COC(=O)C3C(C(=O)OC)=C(C)NC(C)=C3C(=O)OC)c2cc1Cl. The number of benzene rings is 1. The Hall–Kier alpha value is -3.59. The second-order valence-corrected chi connectivity index (χ2v) is 8.02. The minimum Gasteiger partial charge on any atom is -0.466 e. The van der Waals surface area contributed by atoms with E-state index in [9.17, 15) is 19.2 Å². The molecule has 0 radical (unpaired) electrons. The van der Waals surface area contributed by atoms with E-state index in [2.05, 4.69) is 5.32 Å². The third-order valence-electron chi connectivity index (χ3n) is 5.55. The molecule has 180 valence electrons. The van der Waals surface area contributed by atoms with E-state index in [1.807, 2.05) is 6.92 Å². The van der Waals surface area contributed by atoms with Crippen molar-refractivity contribution in [3.63, 3.8) is 0 Å². The van der Waals surface area contributed by atoms with Crippen LogP contribution in [-0.2, 0) is 41.6 Å². The molecule has 34 heavy (non-hydrogen) atoms. The number of hydrogen-bond donors (Lipinski definition) is 1. The second-order valence-electron chi connectivity index (χ2n) is 7.61. The topological polar surface area (TPSA) is 121 Å². The molecule has 2 aromatic rings. The molecule has 0 fully saturated rings. The van der Waals surface area contributed by atoms with Gasteiger partial charge in [0, 0.05) is 33.4 Å². The molecule has 3 rings (SSSR count). The van der Waals surface area contributed by atoms with Gasteiger partial charge in [-0.15, -0.1) is 0 Å². The molecule has 0 unspecified atom stereocenters. The molecular formula is C24H24ClNO8. The largest absolute Gasteiger partial charge is 0.466 e. The lowest BCUT2D eigenvalue weighted by Crippen LogP contribution is -2.37.